The summed E-state index contributed by atoms with van der Waals surface area (Å²) >= 11 is 1.56. The molecular formula is C13H15N3O3S. The van der Waals surface area contributed by atoms with Gasteiger partial charge in [0.2, 0.25) is 5.91 Å². The van der Waals surface area contributed by atoms with Crippen molar-refractivity contribution in [1.82, 2.24) is 14.5 Å². The van der Waals surface area contributed by atoms with Crippen molar-refractivity contribution < 1.29 is 4.79 Å². The molecule has 0 aliphatic carbocycles. The second kappa shape index (κ2) is 5.87. The van der Waals surface area contributed by atoms with E-state index in [9.17, 15) is 14.4 Å². The van der Waals surface area contributed by atoms with Crippen molar-refractivity contribution in [2.24, 2.45) is 7.05 Å². The Bertz CT molecular complexity index is 715. The van der Waals surface area contributed by atoms with Crippen LogP contribution in [0.4, 0.5) is 0 Å². The van der Waals surface area contributed by atoms with Gasteiger partial charge in [0.25, 0.3) is 5.56 Å². The summed E-state index contributed by atoms with van der Waals surface area (Å²) in [5.74, 6) is -0.272. The standard InChI is InChI=1S/C13H15N3O3S/c1-9(10-4-3-7-20-10)14-11(17)8-16-6-5-12(18)15(2)13(16)19/h3-7,9H,8H2,1-2H3,(H,14,17)/t9-/m1/s1. The summed E-state index contributed by atoms with van der Waals surface area (Å²) in [7, 11) is 1.38. The first kappa shape index (κ1) is 14.3. The smallest absolute Gasteiger partial charge is 0.331 e. The largest absolute Gasteiger partial charge is 0.347 e. The molecule has 2 rings (SSSR count). The normalized spacial score (nSPS) is 12.1. The van der Waals surface area contributed by atoms with Crippen LogP contribution in [0.25, 0.3) is 0 Å². The lowest BCUT2D eigenvalue weighted by molar-refractivity contribution is -0.122. The molecule has 0 saturated carbocycles. The van der Waals surface area contributed by atoms with Crippen molar-refractivity contribution in [3.05, 3.63) is 55.5 Å². The van der Waals surface area contributed by atoms with Gasteiger partial charge in [-0.1, -0.05) is 6.07 Å². The number of aromatic nitrogens is 2. The second-order valence-corrected chi connectivity index (χ2v) is 5.41. The van der Waals surface area contributed by atoms with Crippen molar-refractivity contribution >= 4 is 17.2 Å². The number of nitrogens with one attached hydrogen (secondary N) is 1. The number of hydrogen-bond acceptors (Lipinski definition) is 4. The Morgan fingerprint density at radius 3 is 2.80 bits per heavy atom. The molecule has 0 radical (unpaired) electrons. The zero-order valence-electron chi connectivity index (χ0n) is 11.2. The molecule has 0 aromatic carbocycles. The first-order chi connectivity index (χ1) is 9.49. The summed E-state index contributed by atoms with van der Waals surface area (Å²) in [5.41, 5.74) is -0.893. The molecule has 0 fully saturated rings. The maximum absolute atomic E-state index is 11.9. The molecular weight excluding hydrogens is 278 g/mol. The van der Waals surface area contributed by atoms with E-state index in [1.165, 1.54) is 23.9 Å². The van der Waals surface area contributed by atoms with Crippen LogP contribution < -0.4 is 16.6 Å². The third-order valence-electron chi connectivity index (χ3n) is 2.92. The minimum Gasteiger partial charge on any atom is -0.347 e. The average molecular weight is 293 g/mol. The Kier molecular flexibility index (Phi) is 4.19. The van der Waals surface area contributed by atoms with Gasteiger partial charge in [-0.3, -0.25) is 18.7 Å². The zero-order valence-corrected chi connectivity index (χ0v) is 12.0. The van der Waals surface area contributed by atoms with Gasteiger partial charge in [0, 0.05) is 24.2 Å². The molecule has 106 valence electrons. The van der Waals surface area contributed by atoms with Gasteiger partial charge in [-0.2, -0.15) is 0 Å². The van der Waals surface area contributed by atoms with Gasteiger partial charge in [0.1, 0.15) is 6.54 Å². The van der Waals surface area contributed by atoms with Gasteiger partial charge in [0.15, 0.2) is 0 Å². The Labute approximate surface area is 119 Å². The van der Waals surface area contributed by atoms with Crippen LogP contribution in [0, 0.1) is 0 Å². The maximum Gasteiger partial charge on any atom is 0.331 e. The summed E-state index contributed by atoms with van der Waals surface area (Å²) < 4.78 is 2.17. The number of hydrogen-bond donors (Lipinski definition) is 1. The predicted octanol–water partition coefficient (Wildman–Crippen LogP) is 0.486. The predicted molar refractivity (Wildman–Crippen MR) is 76.8 cm³/mol. The van der Waals surface area contributed by atoms with Gasteiger partial charge in [0.05, 0.1) is 6.04 Å². The molecule has 2 aromatic rings. The molecule has 20 heavy (non-hydrogen) atoms. The van der Waals surface area contributed by atoms with Crippen LogP contribution in [-0.4, -0.2) is 15.0 Å². The fourth-order valence-electron chi connectivity index (χ4n) is 1.79. The fraction of sp³-hybridized carbons (Fsp3) is 0.308. The van der Waals surface area contributed by atoms with Crippen LogP contribution in [-0.2, 0) is 18.4 Å². The minimum atomic E-state index is -0.503. The van der Waals surface area contributed by atoms with E-state index < -0.39 is 11.2 Å². The molecule has 1 N–H and O–H groups in total. The Balaban J connectivity index is 2.07. The summed E-state index contributed by atoms with van der Waals surface area (Å²) in [6.07, 6.45) is 1.33. The van der Waals surface area contributed by atoms with Crippen LogP contribution in [0.3, 0.4) is 0 Å². The molecule has 0 bridgehead atoms. The van der Waals surface area contributed by atoms with E-state index in [1.807, 2.05) is 24.4 Å². The van der Waals surface area contributed by atoms with Crippen LogP contribution in [0.5, 0.6) is 0 Å². The van der Waals surface area contributed by atoms with E-state index in [4.69, 9.17) is 0 Å². The molecule has 2 heterocycles. The minimum absolute atomic E-state index is 0.106. The van der Waals surface area contributed by atoms with Crippen LogP contribution in [0.1, 0.15) is 17.8 Å². The van der Waals surface area contributed by atoms with E-state index in [-0.39, 0.29) is 18.5 Å². The molecule has 0 aliphatic rings. The maximum atomic E-state index is 11.9. The van der Waals surface area contributed by atoms with Crippen LogP contribution in [0.15, 0.2) is 39.4 Å². The highest BCUT2D eigenvalue weighted by Gasteiger charge is 2.12. The zero-order chi connectivity index (χ0) is 14.7. The number of nitrogens with zero attached hydrogens (tertiary/aromatic N) is 2. The number of amides is 1. The lowest BCUT2D eigenvalue weighted by Gasteiger charge is -2.13. The van der Waals surface area contributed by atoms with Gasteiger partial charge >= 0.3 is 5.69 Å². The van der Waals surface area contributed by atoms with E-state index >= 15 is 0 Å². The lowest BCUT2D eigenvalue weighted by atomic mass is 10.3. The number of carbonyl (C=O) groups excluding carboxylic acids is 1. The molecule has 0 spiro atoms. The molecule has 6 nitrogen and oxygen atoms in total. The summed E-state index contributed by atoms with van der Waals surface area (Å²) in [6, 6.07) is 5.01. The van der Waals surface area contributed by atoms with Crippen molar-refractivity contribution in [3.63, 3.8) is 0 Å². The van der Waals surface area contributed by atoms with E-state index in [1.54, 1.807) is 11.3 Å². The van der Waals surface area contributed by atoms with Crippen molar-refractivity contribution in [1.29, 1.82) is 0 Å². The molecule has 1 atom stereocenters. The van der Waals surface area contributed by atoms with Crippen molar-refractivity contribution in [2.75, 3.05) is 0 Å². The van der Waals surface area contributed by atoms with Gasteiger partial charge < -0.3 is 5.32 Å². The molecule has 1 amide bonds. The summed E-state index contributed by atoms with van der Waals surface area (Å²) in [5, 5.41) is 4.76. The van der Waals surface area contributed by atoms with Gasteiger partial charge in [-0.25, -0.2) is 4.79 Å². The van der Waals surface area contributed by atoms with E-state index in [0.29, 0.717) is 0 Å². The van der Waals surface area contributed by atoms with Crippen molar-refractivity contribution in [3.8, 4) is 0 Å². The molecule has 0 saturated heterocycles. The molecule has 2 aromatic heterocycles. The molecule has 0 aliphatic heterocycles. The fourth-order valence-corrected chi connectivity index (χ4v) is 2.52. The van der Waals surface area contributed by atoms with Crippen LogP contribution in [0.2, 0.25) is 0 Å². The third-order valence-corrected chi connectivity index (χ3v) is 3.98. The van der Waals surface area contributed by atoms with Crippen LogP contribution >= 0.6 is 11.3 Å². The third kappa shape index (κ3) is 3.05. The molecule has 0 unspecified atom stereocenters. The average Bonchev–Trinajstić information content (AvgIpc) is 2.93. The Morgan fingerprint density at radius 1 is 1.40 bits per heavy atom. The number of rotatable bonds is 4. The lowest BCUT2D eigenvalue weighted by Crippen LogP contribution is -2.40. The second-order valence-electron chi connectivity index (χ2n) is 4.43. The highest BCUT2D eigenvalue weighted by atomic mass is 32.1. The molecule has 7 heteroatoms. The quantitative estimate of drug-likeness (QED) is 0.891. The van der Waals surface area contributed by atoms with Gasteiger partial charge in [-0.05, 0) is 18.4 Å². The highest BCUT2D eigenvalue weighted by Crippen LogP contribution is 2.17. The topological polar surface area (TPSA) is 73.1 Å². The number of thiophene rings is 1. The first-order valence-corrected chi connectivity index (χ1v) is 6.96. The number of carbonyl (C=O) groups is 1. The first-order valence-electron chi connectivity index (χ1n) is 6.08. The van der Waals surface area contributed by atoms with Crippen molar-refractivity contribution in [2.45, 2.75) is 19.5 Å². The Hall–Kier alpha value is -2.15. The highest BCUT2D eigenvalue weighted by molar-refractivity contribution is 7.10. The monoisotopic (exact) mass is 293 g/mol. The summed E-state index contributed by atoms with van der Waals surface area (Å²) in [4.78, 5) is 36.0. The summed E-state index contributed by atoms with van der Waals surface area (Å²) in [6.45, 7) is 1.77. The Morgan fingerprint density at radius 2 is 2.15 bits per heavy atom. The SMILES string of the molecule is C[C@@H](NC(=O)Cn1ccc(=O)n(C)c1=O)c1cccs1. The van der Waals surface area contributed by atoms with Gasteiger partial charge in [-0.15, -0.1) is 11.3 Å². The van der Waals surface area contributed by atoms with E-state index in [0.717, 1.165) is 9.44 Å². The van der Waals surface area contributed by atoms with E-state index in [2.05, 4.69) is 5.32 Å².